The highest BCUT2D eigenvalue weighted by atomic mass is 19.1. The average Bonchev–Trinajstić information content (AvgIpc) is 2.66. The molecule has 0 radical (unpaired) electrons. The Hall–Kier alpha value is -2.17. The molecular weight excluding hydrogens is 247 g/mol. The van der Waals surface area contributed by atoms with Crippen LogP contribution in [0.2, 0.25) is 0 Å². The van der Waals surface area contributed by atoms with Crippen molar-refractivity contribution in [3.63, 3.8) is 0 Å². The van der Waals surface area contributed by atoms with E-state index in [1.54, 1.807) is 0 Å². The summed E-state index contributed by atoms with van der Waals surface area (Å²) in [6, 6.07) is 3.71. The van der Waals surface area contributed by atoms with Crippen LogP contribution in [0.3, 0.4) is 0 Å². The standard InChI is InChI=1S/C14H13FN2O2/c15-8-5-6-11(16)12(7-8)17-13(18)9-3-1-2-4-10(9)14(17)19/h1-2,5-7,9-10H,3-4,16H2. The highest BCUT2D eigenvalue weighted by Crippen LogP contribution is 2.39. The molecule has 0 spiro atoms. The molecule has 1 fully saturated rings. The lowest BCUT2D eigenvalue weighted by Gasteiger charge is -2.16. The number of carbonyl (C=O) groups is 2. The summed E-state index contributed by atoms with van der Waals surface area (Å²) in [5.41, 5.74) is 6.14. The van der Waals surface area contributed by atoms with E-state index in [0.717, 1.165) is 11.0 Å². The van der Waals surface area contributed by atoms with Gasteiger partial charge in [0.2, 0.25) is 11.8 Å². The van der Waals surface area contributed by atoms with Crippen molar-refractivity contribution >= 4 is 23.2 Å². The predicted molar refractivity (Wildman–Crippen MR) is 68.7 cm³/mol. The quantitative estimate of drug-likeness (QED) is 0.476. The Balaban J connectivity index is 2.04. The fourth-order valence-corrected chi connectivity index (χ4v) is 2.75. The van der Waals surface area contributed by atoms with Crippen LogP contribution in [0.5, 0.6) is 0 Å². The number of anilines is 2. The van der Waals surface area contributed by atoms with Gasteiger partial charge in [0.1, 0.15) is 5.82 Å². The molecule has 2 atom stereocenters. The summed E-state index contributed by atoms with van der Waals surface area (Å²) in [5, 5.41) is 0. The van der Waals surface area contributed by atoms with E-state index in [2.05, 4.69) is 0 Å². The zero-order valence-corrected chi connectivity index (χ0v) is 10.2. The van der Waals surface area contributed by atoms with Crippen LogP contribution >= 0.6 is 0 Å². The van der Waals surface area contributed by atoms with E-state index in [-0.39, 0.29) is 35.0 Å². The molecule has 2 aliphatic rings. The number of allylic oxidation sites excluding steroid dienone is 2. The number of halogens is 1. The number of hydrogen-bond acceptors (Lipinski definition) is 3. The van der Waals surface area contributed by atoms with Crippen molar-refractivity contribution in [3.05, 3.63) is 36.2 Å². The largest absolute Gasteiger partial charge is 0.397 e. The fourth-order valence-electron chi connectivity index (χ4n) is 2.75. The van der Waals surface area contributed by atoms with Crippen LogP contribution < -0.4 is 10.6 Å². The van der Waals surface area contributed by atoms with E-state index < -0.39 is 5.82 Å². The molecule has 5 heteroatoms. The highest BCUT2D eigenvalue weighted by molar-refractivity contribution is 6.23. The number of nitrogens with two attached hydrogens (primary N) is 1. The van der Waals surface area contributed by atoms with Gasteiger partial charge in [-0.25, -0.2) is 9.29 Å². The minimum atomic E-state index is -0.516. The third-order valence-electron chi connectivity index (χ3n) is 3.74. The van der Waals surface area contributed by atoms with E-state index in [1.807, 2.05) is 12.2 Å². The van der Waals surface area contributed by atoms with Crippen molar-refractivity contribution in [2.24, 2.45) is 11.8 Å². The Bertz CT molecular complexity index is 571. The Labute approximate surface area is 109 Å². The van der Waals surface area contributed by atoms with Crippen LogP contribution in [0, 0.1) is 17.7 Å². The van der Waals surface area contributed by atoms with Gasteiger partial charge in [-0.2, -0.15) is 0 Å². The van der Waals surface area contributed by atoms with Crippen molar-refractivity contribution in [1.82, 2.24) is 0 Å². The van der Waals surface area contributed by atoms with Crippen molar-refractivity contribution in [1.29, 1.82) is 0 Å². The van der Waals surface area contributed by atoms with Gasteiger partial charge in [0.25, 0.3) is 0 Å². The molecule has 1 aliphatic carbocycles. The summed E-state index contributed by atoms with van der Waals surface area (Å²) in [7, 11) is 0. The number of hydrogen-bond donors (Lipinski definition) is 1. The summed E-state index contributed by atoms with van der Waals surface area (Å²) in [5.74, 6) is -1.74. The Kier molecular flexibility index (Phi) is 2.62. The first-order valence-electron chi connectivity index (χ1n) is 6.17. The molecule has 1 heterocycles. The first kappa shape index (κ1) is 11.9. The van der Waals surface area contributed by atoms with Gasteiger partial charge >= 0.3 is 0 Å². The number of rotatable bonds is 1. The van der Waals surface area contributed by atoms with E-state index in [9.17, 15) is 14.0 Å². The molecule has 2 N–H and O–H groups in total. The SMILES string of the molecule is Nc1ccc(F)cc1N1C(=O)C2CC=CCC2C1=O. The number of benzene rings is 1. The molecule has 1 aromatic rings. The molecule has 0 bridgehead atoms. The van der Waals surface area contributed by atoms with Crippen LogP contribution in [0.15, 0.2) is 30.4 Å². The maximum Gasteiger partial charge on any atom is 0.238 e. The maximum atomic E-state index is 13.3. The molecule has 2 unspecified atom stereocenters. The lowest BCUT2D eigenvalue weighted by atomic mass is 9.85. The topological polar surface area (TPSA) is 63.4 Å². The van der Waals surface area contributed by atoms with Gasteiger partial charge in [0.05, 0.1) is 23.2 Å². The number of amides is 2. The molecule has 98 valence electrons. The van der Waals surface area contributed by atoms with Gasteiger partial charge in [-0.3, -0.25) is 9.59 Å². The highest BCUT2D eigenvalue weighted by Gasteiger charge is 2.48. The van der Waals surface area contributed by atoms with E-state index in [4.69, 9.17) is 5.73 Å². The number of nitrogen functional groups attached to an aromatic ring is 1. The zero-order valence-electron chi connectivity index (χ0n) is 10.2. The first-order valence-corrected chi connectivity index (χ1v) is 6.17. The zero-order chi connectivity index (χ0) is 13.6. The Morgan fingerprint density at radius 3 is 2.26 bits per heavy atom. The normalized spacial score (nSPS) is 25.8. The van der Waals surface area contributed by atoms with Crippen LogP contribution in [0.1, 0.15) is 12.8 Å². The fraction of sp³-hybridized carbons (Fsp3) is 0.286. The summed E-state index contributed by atoms with van der Waals surface area (Å²) < 4.78 is 13.3. The van der Waals surface area contributed by atoms with Crippen LogP contribution in [0.4, 0.5) is 15.8 Å². The summed E-state index contributed by atoms with van der Waals surface area (Å²) in [4.78, 5) is 25.7. The molecule has 3 rings (SSSR count). The van der Waals surface area contributed by atoms with E-state index >= 15 is 0 Å². The lowest BCUT2D eigenvalue weighted by Crippen LogP contribution is -2.31. The van der Waals surface area contributed by atoms with Gasteiger partial charge in [0, 0.05) is 6.07 Å². The minimum Gasteiger partial charge on any atom is -0.397 e. The summed E-state index contributed by atoms with van der Waals surface area (Å²) in [6.07, 6.45) is 4.93. The number of imide groups is 1. The number of nitrogens with zero attached hydrogens (tertiary/aromatic N) is 1. The van der Waals surface area contributed by atoms with E-state index in [1.165, 1.54) is 12.1 Å². The second-order valence-corrected chi connectivity index (χ2v) is 4.87. The van der Waals surface area contributed by atoms with Gasteiger partial charge in [0.15, 0.2) is 0 Å². The molecule has 4 nitrogen and oxygen atoms in total. The molecule has 0 aromatic heterocycles. The molecule has 0 saturated carbocycles. The Morgan fingerprint density at radius 2 is 1.68 bits per heavy atom. The number of carbonyl (C=O) groups excluding carboxylic acids is 2. The lowest BCUT2D eigenvalue weighted by molar-refractivity contribution is -0.122. The van der Waals surface area contributed by atoms with Gasteiger partial charge < -0.3 is 5.73 Å². The van der Waals surface area contributed by atoms with Crippen molar-refractivity contribution in [2.75, 3.05) is 10.6 Å². The molecule has 1 aromatic carbocycles. The smallest absolute Gasteiger partial charge is 0.238 e. The molecule has 2 amide bonds. The summed E-state index contributed by atoms with van der Waals surface area (Å²) in [6.45, 7) is 0. The molecular formula is C14H13FN2O2. The minimum absolute atomic E-state index is 0.157. The van der Waals surface area contributed by atoms with Crippen molar-refractivity contribution < 1.29 is 14.0 Å². The van der Waals surface area contributed by atoms with Crippen LogP contribution in [-0.2, 0) is 9.59 Å². The maximum absolute atomic E-state index is 13.3. The second-order valence-electron chi connectivity index (χ2n) is 4.87. The monoisotopic (exact) mass is 260 g/mol. The van der Waals surface area contributed by atoms with E-state index in [0.29, 0.717) is 12.8 Å². The Morgan fingerprint density at radius 1 is 1.11 bits per heavy atom. The number of fused-ring (bicyclic) bond motifs is 1. The predicted octanol–water partition coefficient (Wildman–Crippen LogP) is 1.86. The molecule has 1 aliphatic heterocycles. The van der Waals surface area contributed by atoms with Crippen molar-refractivity contribution in [3.8, 4) is 0 Å². The first-order chi connectivity index (χ1) is 9.09. The van der Waals surface area contributed by atoms with Gasteiger partial charge in [-0.15, -0.1) is 0 Å². The average molecular weight is 260 g/mol. The van der Waals surface area contributed by atoms with Gasteiger partial charge in [-0.05, 0) is 25.0 Å². The summed E-state index contributed by atoms with van der Waals surface area (Å²) >= 11 is 0. The second kappa shape index (κ2) is 4.19. The van der Waals surface area contributed by atoms with Crippen LogP contribution in [-0.4, -0.2) is 11.8 Å². The molecule has 1 saturated heterocycles. The third-order valence-corrected chi connectivity index (χ3v) is 3.74. The molecule has 19 heavy (non-hydrogen) atoms. The third kappa shape index (κ3) is 1.73. The van der Waals surface area contributed by atoms with Crippen LogP contribution in [0.25, 0.3) is 0 Å². The van der Waals surface area contributed by atoms with Crippen molar-refractivity contribution in [2.45, 2.75) is 12.8 Å². The van der Waals surface area contributed by atoms with Gasteiger partial charge in [-0.1, -0.05) is 12.2 Å².